The number of hydrogen-bond acceptors (Lipinski definition) is 5. The topological polar surface area (TPSA) is 94.6 Å². The van der Waals surface area contributed by atoms with Gasteiger partial charge in [-0.1, -0.05) is 11.6 Å². The lowest BCUT2D eigenvalue weighted by atomic mass is 10.1. The predicted molar refractivity (Wildman–Crippen MR) is 83.6 cm³/mol. The van der Waals surface area contributed by atoms with Crippen LogP contribution in [0.2, 0.25) is 5.02 Å². The first-order valence-electron chi connectivity index (χ1n) is 6.72. The van der Waals surface area contributed by atoms with Crippen molar-refractivity contribution in [2.75, 3.05) is 13.7 Å². The van der Waals surface area contributed by atoms with E-state index in [1.165, 1.54) is 25.3 Å². The van der Waals surface area contributed by atoms with Crippen LogP contribution in [0.25, 0.3) is 0 Å². The molecule has 0 saturated carbocycles. The Morgan fingerprint density at radius 3 is 2.74 bits per heavy atom. The summed E-state index contributed by atoms with van der Waals surface area (Å²) in [5, 5.41) is 14.0. The molecule has 0 spiro atoms. The number of hydrogen-bond donors (Lipinski definition) is 1. The fraction of sp³-hybridized carbons (Fsp3) is 0.267. The molecule has 1 aromatic heterocycles. The summed E-state index contributed by atoms with van der Waals surface area (Å²) in [6.07, 6.45) is 0. The van der Waals surface area contributed by atoms with Gasteiger partial charge in [0.1, 0.15) is 23.1 Å². The van der Waals surface area contributed by atoms with E-state index >= 15 is 0 Å². The van der Waals surface area contributed by atoms with Gasteiger partial charge in [0, 0.05) is 18.2 Å². The molecule has 0 aliphatic carbocycles. The molecule has 1 atom stereocenters. The van der Waals surface area contributed by atoms with Gasteiger partial charge < -0.3 is 14.5 Å². The average molecular weight is 339 g/mol. The zero-order valence-electron chi connectivity index (χ0n) is 12.5. The summed E-state index contributed by atoms with van der Waals surface area (Å²) in [7, 11) is 1.48. The van der Waals surface area contributed by atoms with Crippen LogP contribution in [0.15, 0.2) is 34.7 Å². The minimum absolute atomic E-state index is 0.119. The second kappa shape index (κ2) is 7.26. The second-order valence-corrected chi connectivity index (χ2v) is 5.28. The van der Waals surface area contributed by atoms with E-state index in [0.717, 1.165) is 0 Å². The number of rotatable bonds is 6. The number of nitro groups is 1. The Balaban J connectivity index is 2.29. The van der Waals surface area contributed by atoms with E-state index in [1.807, 2.05) is 0 Å². The van der Waals surface area contributed by atoms with Gasteiger partial charge in [-0.05, 0) is 31.2 Å². The van der Waals surface area contributed by atoms with Crippen molar-refractivity contribution in [3.8, 4) is 0 Å². The number of halogens is 1. The lowest BCUT2D eigenvalue weighted by molar-refractivity contribution is -0.385. The molecule has 0 bridgehead atoms. The van der Waals surface area contributed by atoms with Gasteiger partial charge in [-0.25, -0.2) is 0 Å². The van der Waals surface area contributed by atoms with Gasteiger partial charge in [0.15, 0.2) is 0 Å². The highest BCUT2D eigenvalue weighted by Gasteiger charge is 2.24. The molecule has 0 aliphatic heterocycles. The molecule has 0 fully saturated rings. The molecule has 122 valence electrons. The number of nitrogens with one attached hydrogen (secondary N) is 1. The maximum Gasteiger partial charge on any atom is 0.282 e. The van der Waals surface area contributed by atoms with Gasteiger partial charge in [-0.15, -0.1) is 0 Å². The smallest absolute Gasteiger partial charge is 0.282 e. The van der Waals surface area contributed by atoms with Crippen LogP contribution >= 0.6 is 11.6 Å². The van der Waals surface area contributed by atoms with Gasteiger partial charge in [-0.3, -0.25) is 14.9 Å². The SMILES string of the molecule is COCC(NC(=O)c1cc(Cl)ccc1[N+](=O)[O-])c1ccc(C)o1. The van der Waals surface area contributed by atoms with Gasteiger partial charge in [-0.2, -0.15) is 0 Å². The summed E-state index contributed by atoms with van der Waals surface area (Å²) in [5.74, 6) is 0.557. The molecule has 1 N–H and O–H groups in total. The average Bonchev–Trinajstić information content (AvgIpc) is 2.92. The fourth-order valence-corrected chi connectivity index (χ4v) is 2.26. The maximum absolute atomic E-state index is 12.4. The Labute approximate surface area is 137 Å². The first kappa shape index (κ1) is 17.0. The van der Waals surface area contributed by atoms with Crippen molar-refractivity contribution in [1.29, 1.82) is 0 Å². The lowest BCUT2D eigenvalue weighted by Crippen LogP contribution is -2.31. The minimum Gasteiger partial charge on any atom is -0.464 e. The second-order valence-electron chi connectivity index (χ2n) is 4.85. The van der Waals surface area contributed by atoms with Crippen molar-refractivity contribution in [2.45, 2.75) is 13.0 Å². The van der Waals surface area contributed by atoms with Crippen molar-refractivity contribution in [1.82, 2.24) is 5.32 Å². The first-order chi connectivity index (χ1) is 10.9. The number of benzene rings is 1. The molecule has 1 unspecified atom stereocenters. The number of ether oxygens (including phenoxy) is 1. The molecule has 0 aliphatic rings. The maximum atomic E-state index is 12.4. The number of carbonyl (C=O) groups is 1. The van der Waals surface area contributed by atoms with Crippen molar-refractivity contribution >= 4 is 23.2 Å². The van der Waals surface area contributed by atoms with Crippen molar-refractivity contribution < 1.29 is 18.9 Å². The Hall–Kier alpha value is -2.38. The quantitative estimate of drug-likeness (QED) is 0.644. The number of amides is 1. The summed E-state index contributed by atoms with van der Waals surface area (Å²) in [4.78, 5) is 22.8. The molecule has 2 aromatic rings. The number of nitrogens with zero attached hydrogens (tertiary/aromatic N) is 1. The van der Waals surface area contributed by atoms with E-state index in [2.05, 4.69) is 5.32 Å². The van der Waals surface area contributed by atoms with Crippen molar-refractivity contribution in [3.05, 3.63) is 62.6 Å². The zero-order valence-corrected chi connectivity index (χ0v) is 13.3. The summed E-state index contributed by atoms with van der Waals surface area (Å²) < 4.78 is 10.6. The molecular weight excluding hydrogens is 324 g/mol. The van der Waals surface area contributed by atoms with Crippen molar-refractivity contribution in [3.63, 3.8) is 0 Å². The largest absolute Gasteiger partial charge is 0.464 e. The third-order valence-electron chi connectivity index (χ3n) is 3.14. The normalized spacial score (nSPS) is 12.0. The zero-order chi connectivity index (χ0) is 17.0. The Bertz CT molecular complexity index is 728. The third-order valence-corrected chi connectivity index (χ3v) is 3.38. The highest BCUT2D eigenvalue weighted by molar-refractivity contribution is 6.31. The molecule has 2 rings (SSSR count). The summed E-state index contributed by atoms with van der Waals surface area (Å²) >= 11 is 5.84. The van der Waals surface area contributed by atoms with E-state index in [1.54, 1.807) is 19.1 Å². The highest BCUT2D eigenvalue weighted by Crippen LogP contribution is 2.24. The van der Waals surface area contributed by atoms with Crippen LogP contribution in [-0.4, -0.2) is 24.5 Å². The van der Waals surface area contributed by atoms with Crippen LogP contribution < -0.4 is 5.32 Å². The van der Waals surface area contributed by atoms with E-state index in [9.17, 15) is 14.9 Å². The first-order valence-corrected chi connectivity index (χ1v) is 7.10. The van der Waals surface area contributed by atoms with E-state index in [-0.39, 0.29) is 22.9 Å². The van der Waals surface area contributed by atoms with Gasteiger partial charge in [0.2, 0.25) is 0 Å². The highest BCUT2D eigenvalue weighted by atomic mass is 35.5. The predicted octanol–water partition coefficient (Wildman–Crippen LogP) is 3.27. The summed E-state index contributed by atoms with van der Waals surface area (Å²) in [6, 6.07) is 6.71. The van der Waals surface area contributed by atoms with E-state index in [0.29, 0.717) is 11.5 Å². The summed E-state index contributed by atoms with van der Waals surface area (Å²) in [6.45, 7) is 1.93. The third kappa shape index (κ3) is 4.08. The minimum atomic E-state index is -0.631. The number of aryl methyl sites for hydroxylation is 1. The van der Waals surface area contributed by atoms with Crippen LogP contribution in [0.3, 0.4) is 0 Å². The van der Waals surface area contributed by atoms with Crippen LogP contribution in [0, 0.1) is 17.0 Å². The Morgan fingerprint density at radius 2 is 2.17 bits per heavy atom. The summed E-state index contributed by atoms with van der Waals surface area (Å²) in [5.41, 5.74) is -0.439. The number of nitro benzene ring substituents is 1. The fourth-order valence-electron chi connectivity index (χ4n) is 2.09. The molecule has 23 heavy (non-hydrogen) atoms. The van der Waals surface area contributed by atoms with Crippen LogP contribution in [0.1, 0.15) is 27.9 Å². The van der Waals surface area contributed by atoms with Gasteiger partial charge >= 0.3 is 0 Å². The molecule has 0 saturated heterocycles. The molecule has 8 heteroatoms. The monoisotopic (exact) mass is 338 g/mol. The molecule has 0 radical (unpaired) electrons. The van der Waals surface area contributed by atoms with E-state index in [4.69, 9.17) is 20.8 Å². The lowest BCUT2D eigenvalue weighted by Gasteiger charge is -2.16. The van der Waals surface area contributed by atoms with Crippen LogP contribution in [0.4, 0.5) is 5.69 Å². The van der Waals surface area contributed by atoms with Crippen LogP contribution in [0.5, 0.6) is 0 Å². The number of carbonyl (C=O) groups excluding carboxylic acids is 1. The van der Waals surface area contributed by atoms with Crippen molar-refractivity contribution in [2.24, 2.45) is 0 Å². The Morgan fingerprint density at radius 1 is 1.43 bits per heavy atom. The van der Waals surface area contributed by atoms with Gasteiger partial charge in [0.25, 0.3) is 11.6 Å². The number of methoxy groups -OCH3 is 1. The van der Waals surface area contributed by atoms with Gasteiger partial charge in [0.05, 0.1) is 11.5 Å². The standard InChI is InChI=1S/C15H15ClN2O5/c1-9-3-6-14(23-9)12(8-22-2)17-15(19)11-7-10(16)4-5-13(11)18(20)21/h3-7,12H,8H2,1-2H3,(H,17,19). The number of furan rings is 1. The molecule has 1 heterocycles. The van der Waals surface area contributed by atoms with E-state index < -0.39 is 16.9 Å². The Kier molecular flexibility index (Phi) is 5.36. The molecule has 1 aromatic carbocycles. The molecule has 1 amide bonds. The molecule has 7 nitrogen and oxygen atoms in total. The molecular formula is C15H15ClN2O5. The van der Waals surface area contributed by atoms with Crippen LogP contribution in [-0.2, 0) is 4.74 Å².